The number of anilines is 3. The fourth-order valence-electron chi connectivity index (χ4n) is 12.5. The molecule has 0 saturated carbocycles. The summed E-state index contributed by atoms with van der Waals surface area (Å²) >= 11 is 0. The molecule has 3 heterocycles. The molecule has 6 aromatic rings. The van der Waals surface area contributed by atoms with E-state index in [9.17, 15) is 58.7 Å². The maximum absolute atomic E-state index is 13.9. The molecule has 0 aliphatic carbocycles. The van der Waals surface area contributed by atoms with E-state index >= 15 is 0 Å². The quantitative estimate of drug-likeness (QED) is 0.0244. The van der Waals surface area contributed by atoms with Gasteiger partial charge in [-0.3, -0.25) is 9.69 Å². The summed E-state index contributed by atoms with van der Waals surface area (Å²) in [5, 5.41) is 13.5. The Morgan fingerprint density at radius 2 is 1.14 bits per heavy atom. The van der Waals surface area contributed by atoms with Gasteiger partial charge in [0, 0.05) is 119 Å². The number of halogens is 9. The molecule has 1 atom stereocenters. The van der Waals surface area contributed by atoms with Gasteiger partial charge < -0.3 is 46.2 Å². The van der Waals surface area contributed by atoms with Gasteiger partial charge in [0.15, 0.2) is 0 Å². The number of hydrogen-bond donors (Lipinski definition) is 5. The van der Waals surface area contributed by atoms with E-state index in [0.29, 0.717) is 43.9 Å². The maximum atomic E-state index is 13.9. The topological polar surface area (TPSA) is 145 Å². The number of carbonyl (C=O) groups is 4. The molecule has 0 aromatic heterocycles. The molecule has 5 N–H and O–H groups in total. The highest BCUT2D eigenvalue weighted by molar-refractivity contribution is 5.91. The number of nitrogens with one attached hydrogen (secondary N) is 5. The number of nitrogens with zero attached hydrogens (tertiary/aromatic N) is 5. The second-order valence-corrected chi connectivity index (χ2v) is 25.4. The van der Waals surface area contributed by atoms with Gasteiger partial charge in [-0.15, -0.1) is 0 Å². The Morgan fingerprint density at radius 1 is 0.602 bits per heavy atom. The molecule has 14 nitrogen and oxygen atoms in total. The summed E-state index contributed by atoms with van der Waals surface area (Å²) in [6.07, 6.45) is 1.64. The second-order valence-electron chi connectivity index (χ2n) is 25.4. The van der Waals surface area contributed by atoms with Crippen molar-refractivity contribution >= 4 is 41.1 Å². The molecule has 7 amide bonds. The summed E-state index contributed by atoms with van der Waals surface area (Å²) in [6.45, 7) is 18.9. The van der Waals surface area contributed by atoms with E-state index in [1.807, 2.05) is 54.6 Å². The molecule has 0 bridgehead atoms. The van der Waals surface area contributed by atoms with Crippen molar-refractivity contribution in [1.82, 2.24) is 35.1 Å². The van der Waals surface area contributed by atoms with Crippen LogP contribution in [0.1, 0.15) is 124 Å². The van der Waals surface area contributed by atoms with Crippen LogP contribution in [0.2, 0.25) is 0 Å². The third kappa shape index (κ3) is 25.5. The lowest BCUT2D eigenvalue weighted by atomic mass is 10.0. The van der Waals surface area contributed by atoms with Gasteiger partial charge >= 0.3 is 30.4 Å². The highest BCUT2D eigenvalue weighted by atomic mass is 19.4. The number of amides is 7. The minimum absolute atomic E-state index is 0.0176. The molecule has 9 rings (SSSR count). The van der Waals surface area contributed by atoms with Crippen LogP contribution in [0.5, 0.6) is 0 Å². The first-order chi connectivity index (χ1) is 46.7. The summed E-state index contributed by atoms with van der Waals surface area (Å²) in [5.74, 6) is -4.27. The van der Waals surface area contributed by atoms with Crippen LogP contribution in [-0.4, -0.2) is 132 Å². The molecule has 0 radical (unpaired) electrons. The van der Waals surface area contributed by atoms with Gasteiger partial charge in [-0.1, -0.05) is 123 Å². The number of benzene rings is 6. The number of hydrogen-bond acceptors (Lipinski definition) is 7. The highest BCUT2D eigenvalue weighted by Gasteiger charge is 2.35. The van der Waals surface area contributed by atoms with Crippen molar-refractivity contribution in [3.8, 4) is 0 Å². The average Bonchev–Trinajstić information content (AvgIpc) is 0.938. The van der Waals surface area contributed by atoms with E-state index in [1.54, 1.807) is 15.9 Å². The first-order valence-electron chi connectivity index (χ1n) is 33.7. The van der Waals surface area contributed by atoms with Crippen LogP contribution in [0.3, 0.4) is 0 Å². The summed E-state index contributed by atoms with van der Waals surface area (Å²) in [6, 6.07) is 39.9. The minimum atomic E-state index is -4.71. The third-order valence-electron chi connectivity index (χ3n) is 18.0. The van der Waals surface area contributed by atoms with Crippen LogP contribution >= 0.6 is 0 Å². The summed E-state index contributed by atoms with van der Waals surface area (Å²) in [7, 11) is 0. The Morgan fingerprint density at radius 3 is 1.76 bits per heavy atom. The molecule has 1 unspecified atom stereocenters. The van der Waals surface area contributed by atoms with E-state index < -0.39 is 47.3 Å². The number of alkyl halides is 8. The second kappa shape index (κ2) is 37.5. The lowest BCUT2D eigenvalue weighted by molar-refractivity contribution is -0.138. The van der Waals surface area contributed by atoms with E-state index in [4.69, 9.17) is 0 Å². The smallest absolute Gasteiger partial charge is 0.353 e. The Bertz CT molecular complexity index is 3460. The minimum Gasteiger partial charge on any atom is -0.353 e. The molecule has 3 saturated heterocycles. The lowest BCUT2D eigenvalue weighted by Crippen LogP contribution is -2.51. The predicted molar refractivity (Wildman–Crippen MR) is 368 cm³/mol. The van der Waals surface area contributed by atoms with Gasteiger partial charge in [0.25, 0.3) is 5.92 Å². The standard InChI is InChI=1S/C29H31F4N3O.C24H35F3N4O2.C22H27F2N3O/c30-25-18-24(29(31,32)33)19-26(20-25)34-28(37)36(21-23-10-5-2-6-11-23)27-13-16-35(17-14-27)15-7-12-22-8-3-1-4-9-22;1-4-8-18(3)30-15-11-21(12-16-30)31(14-7-13-28-22(32)5-2)23(33)29-20-10-6-9-19(17-20)24(25,26)27;1-16-6-3-4-7-17(16)15-27-12-10-19(11-13-27)25-21(28)26-20-9-5-8-18(14-20)22(2,23)24/h1-6,8-11,18-20,27H,7,12-17,21H2,(H,34,37);5-6,9-10,17-18,21H,2,4,7-8,11-16H2,1,3H3,(H,28,32)(H,29,33);3-9,14,19H,10-13,15H2,1-2H3,(H2,25,26,28). The zero-order chi connectivity index (χ0) is 70.8. The van der Waals surface area contributed by atoms with Crippen molar-refractivity contribution in [3.05, 3.63) is 209 Å². The third-order valence-corrected chi connectivity index (χ3v) is 18.0. The highest BCUT2D eigenvalue weighted by Crippen LogP contribution is 2.34. The van der Waals surface area contributed by atoms with Crippen LogP contribution in [-0.2, 0) is 42.6 Å². The van der Waals surface area contributed by atoms with Crippen molar-refractivity contribution < 1.29 is 58.7 Å². The van der Waals surface area contributed by atoms with Gasteiger partial charge in [-0.05, 0) is 161 Å². The number of carbonyl (C=O) groups excluding carboxylic acids is 4. The van der Waals surface area contributed by atoms with Gasteiger partial charge in [-0.2, -0.15) is 26.3 Å². The molecule has 3 aliphatic rings. The number of urea groups is 3. The zero-order valence-corrected chi connectivity index (χ0v) is 56.4. The number of rotatable bonds is 23. The molecule has 530 valence electrons. The largest absolute Gasteiger partial charge is 0.416 e. The SMILES string of the molecule is C=CC(=O)NCCCN(C(=O)Nc1cccc(C(F)(F)F)c1)C1CCN(C(C)CCC)CC1.Cc1ccccc1CN1CCC(NC(=O)Nc2cccc(C(C)(F)F)c2)CC1.O=C(Nc1cc(F)cc(C(F)(F)F)c1)N(Cc1ccccc1)C1CCN(CCCc2ccccc2)CC1. The van der Waals surface area contributed by atoms with E-state index in [-0.39, 0.29) is 47.0 Å². The Hall–Kier alpha value is -8.41. The van der Waals surface area contributed by atoms with Crippen molar-refractivity contribution in [3.63, 3.8) is 0 Å². The average molecular weight is 1370 g/mol. The van der Waals surface area contributed by atoms with Gasteiger partial charge in [0.05, 0.1) is 11.1 Å². The molecule has 3 fully saturated rings. The summed E-state index contributed by atoms with van der Waals surface area (Å²) in [4.78, 5) is 60.6. The molecular formula is C75H93F9N10O4. The predicted octanol–water partition coefficient (Wildman–Crippen LogP) is 16.8. The van der Waals surface area contributed by atoms with Crippen LogP contribution in [0, 0.1) is 12.7 Å². The lowest BCUT2D eigenvalue weighted by Gasteiger charge is -2.40. The molecule has 3 aliphatic heterocycles. The van der Waals surface area contributed by atoms with Crippen LogP contribution in [0.25, 0.3) is 0 Å². The van der Waals surface area contributed by atoms with Crippen molar-refractivity contribution in [2.45, 2.75) is 154 Å². The van der Waals surface area contributed by atoms with E-state index in [1.165, 1.54) is 53.1 Å². The Balaban J connectivity index is 0.000000209. The molecule has 98 heavy (non-hydrogen) atoms. The zero-order valence-electron chi connectivity index (χ0n) is 56.4. The van der Waals surface area contributed by atoms with Gasteiger partial charge in [0.2, 0.25) is 5.91 Å². The van der Waals surface area contributed by atoms with Crippen molar-refractivity contribution in [1.29, 1.82) is 0 Å². The normalized spacial score (nSPS) is 15.6. The van der Waals surface area contributed by atoms with E-state index in [0.717, 1.165) is 153 Å². The molecule has 6 aromatic carbocycles. The van der Waals surface area contributed by atoms with Gasteiger partial charge in [0.1, 0.15) is 5.82 Å². The van der Waals surface area contributed by atoms with E-state index in [2.05, 4.69) is 99.0 Å². The monoisotopic (exact) mass is 1370 g/mol. The Labute approximate surface area is 570 Å². The maximum Gasteiger partial charge on any atom is 0.416 e. The molecular weight excluding hydrogens is 1280 g/mol. The fourth-order valence-corrected chi connectivity index (χ4v) is 12.5. The Kier molecular flexibility index (Phi) is 29.5. The fraction of sp³-hybridized carbons (Fsp3) is 0.440. The van der Waals surface area contributed by atoms with Crippen LogP contribution < -0.4 is 26.6 Å². The molecule has 23 heteroatoms. The van der Waals surface area contributed by atoms with Crippen molar-refractivity contribution in [2.75, 3.05) is 74.9 Å². The van der Waals surface area contributed by atoms with Crippen molar-refractivity contribution in [2.24, 2.45) is 0 Å². The van der Waals surface area contributed by atoms with Crippen LogP contribution in [0.15, 0.2) is 164 Å². The van der Waals surface area contributed by atoms with Crippen LogP contribution in [0.4, 0.5) is 71.0 Å². The number of likely N-dealkylation sites (tertiary alicyclic amines) is 3. The summed E-state index contributed by atoms with van der Waals surface area (Å²) < 4.78 is 119. The van der Waals surface area contributed by atoms with Gasteiger partial charge in [-0.25, -0.2) is 27.6 Å². The molecule has 0 spiro atoms. The number of piperidine rings is 3. The number of aryl methyl sites for hydroxylation is 2. The first-order valence-corrected chi connectivity index (χ1v) is 33.7. The first kappa shape index (κ1) is 76.9. The summed E-state index contributed by atoms with van der Waals surface area (Å²) in [5.41, 5.74) is 3.05.